The molecule has 6 heteroatoms. The van der Waals surface area contributed by atoms with Crippen LogP contribution in [0.4, 0.5) is 0 Å². The first-order valence-corrected chi connectivity index (χ1v) is 8.23. The Bertz CT molecular complexity index is 707. The molecule has 1 atom stereocenters. The number of benzene rings is 1. The molecule has 1 aromatic heterocycles. The number of methoxy groups -OCH3 is 2. The van der Waals surface area contributed by atoms with Crippen LogP contribution in [0.3, 0.4) is 0 Å². The molecule has 3 rings (SSSR count). The van der Waals surface area contributed by atoms with Crippen LogP contribution < -0.4 is 14.8 Å². The molecule has 25 heavy (non-hydrogen) atoms. The third-order valence-electron chi connectivity index (χ3n) is 4.53. The molecule has 6 nitrogen and oxygen atoms in total. The number of nitrogens with one attached hydrogen (secondary N) is 1. The molecule has 1 saturated carbocycles. The first-order valence-electron chi connectivity index (χ1n) is 8.23. The summed E-state index contributed by atoms with van der Waals surface area (Å²) in [7, 11) is 3.09. The van der Waals surface area contributed by atoms with E-state index in [9.17, 15) is 9.90 Å². The minimum Gasteiger partial charge on any atom is -0.497 e. The normalized spacial score (nSPS) is 20.3. The highest BCUT2D eigenvalue weighted by atomic mass is 16.5. The summed E-state index contributed by atoms with van der Waals surface area (Å²) in [5.74, 6) is 1.05. The van der Waals surface area contributed by atoms with Crippen molar-refractivity contribution in [2.45, 2.75) is 25.0 Å². The van der Waals surface area contributed by atoms with Crippen LogP contribution in [0.5, 0.6) is 11.5 Å². The number of hydrogen-bond acceptors (Lipinski definition) is 5. The van der Waals surface area contributed by atoms with Gasteiger partial charge in [-0.05, 0) is 43.0 Å². The summed E-state index contributed by atoms with van der Waals surface area (Å²) in [6.07, 6.45) is 2.72. The van der Waals surface area contributed by atoms with Crippen molar-refractivity contribution in [3.8, 4) is 11.5 Å². The van der Waals surface area contributed by atoms with Crippen molar-refractivity contribution < 1.29 is 19.4 Å². The van der Waals surface area contributed by atoms with E-state index in [-0.39, 0.29) is 24.0 Å². The van der Waals surface area contributed by atoms with E-state index in [1.807, 2.05) is 18.2 Å². The molecule has 0 spiro atoms. The topological polar surface area (TPSA) is 80.7 Å². The number of rotatable bonds is 6. The first-order chi connectivity index (χ1) is 12.1. The Kier molecular flexibility index (Phi) is 5.19. The standard InChI is InChI=1S/C19H22N2O4/c1-24-15-9-13(10-16(11-15)25-2)19(23)21-18(12-7-14(22)8-12)17-5-3-4-6-20-17/h3-6,9-12,14,18,22H,7-8H2,1-2H3,(H,21,23)/t12?,14?,18-/m0/s1. The number of nitrogens with zero attached hydrogens (tertiary/aromatic N) is 1. The monoisotopic (exact) mass is 342 g/mol. The van der Waals surface area contributed by atoms with Crippen LogP contribution >= 0.6 is 0 Å². The number of aromatic nitrogens is 1. The highest BCUT2D eigenvalue weighted by Gasteiger charge is 2.36. The van der Waals surface area contributed by atoms with Gasteiger partial charge in [0.25, 0.3) is 5.91 Å². The Balaban J connectivity index is 1.83. The lowest BCUT2D eigenvalue weighted by Gasteiger charge is -2.37. The Morgan fingerprint density at radius 1 is 1.20 bits per heavy atom. The zero-order valence-electron chi connectivity index (χ0n) is 14.3. The molecule has 132 valence electrons. The predicted octanol–water partition coefficient (Wildman–Crippen LogP) is 2.34. The van der Waals surface area contributed by atoms with Crippen LogP contribution in [0.15, 0.2) is 42.6 Å². The van der Waals surface area contributed by atoms with E-state index in [0.29, 0.717) is 29.9 Å². The van der Waals surface area contributed by atoms with Gasteiger partial charge < -0.3 is 19.9 Å². The van der Waals surface area contributed by atoms with Crippen LogP contribution in [-0.2, 0) is 0 Å². The number of aliphatic hydroxyl groups excluding tert-OH is 1. The fourth-order valence-electron chi connectivity index (χ4n) is 3.06. The van der Waals surface area contributed by atoms with E-state index in [1.54, 1.807) is 38.6 Å². The Morgan fingerprint density at radius 3 is 2.40 bits per heavy atom. The third kappa shape index (κ3) is 3.91. The number of hydrogen-bond donors (Lipinski definition) is 2. The lowest BCUT2D eigenvalue weighted by molar-refractivity contribution is 0.0228. The van der Waals surface area contributed by atoms with Crippen molar-refractivity contribution in [1.29, 1.82) is 0 Å². The van der Waals surface area contributed by atoms with Gasteiger partial charge >= 0.3 is 0 Å². The van der Waals surface area contributed by atoms with Crippen LogP contribution in [0, 0.1) is 5.92 Å². The fraction of sp³-hybridized carbons (Fsp3) is 0.368. The summed E-state index contributed by atoms with van der Waals surface area (Å²) in [4.78, 5) is 17.2. The number of amides is 1. The molecule has 0 bridgehead atoms. The van der Waals surface area contributed by atoms with Crippen LogP contribution in [0.25, 0.3) is 0 Å². The molecule has 0 unspecified atom stereocenters. The van der Waals surface area contributed by atoms with E-state index in [4.69, 9.17) is 9.47 Å². The molecule has 2 aromatic rings. The lowest BCUT2D eigenvalue weighted by atomic mass is 9.76. The van der Waals surface area contributed by atoms with Gasteiger partial charge in [0.15, 0.2) is 0 Å². The maximum atomic E-state index is 12.8. The quantitative estimate of drug-likeness (QED) is 0.842. The molecular formula is C19H22N2O4. The van der Waals surface area contributed by atoms with E-state index in [1.165, 1.54) is 0 Å². The average molecular weight is 342 g/mol. The van der Waals surface area contributed by atoms with Gasteiger partial charge in [-0.2, -0.15) is 0 Å². The van der Waals surface area contributed by atoms with Crippen LogP contribution in [0.2, 0.25) is 0 Å². The summed E-state index contributed by atoms with van der Waals surface area (Å²) in [6.45, 7) is 0. The molecule has 1 aliphatic rings. The van der Waals surface area contributed by atoms with Crippen LogP contribution in [0.1, 0.15) is 34.9 Å². The molecule has 0 radical (unpaired) electrons. The second kappa shape index (κ2) is 7.53. The van der Waals surface area contributed by atoms with Crippen molar-refractivity contribution in [3.05, 3.63) is 53.9 Å². The van der Waals surface area contributed by atoms with Gasteiger partial charge in [0.2, 0.25) is 0 Å². The van der Waals surface area contributed by atoms with E-state index < -0.39 is 0 Å². The molecule has 2 N–H and O–H groups in total. The molecule has 1 amide bonds. The first kappa shape index (κ1) is 17.2. The van der Waals surface area contributed by atoms with Gasteiger partial charge in [-0.15, -0.1) is 0 Å². The minimum absolute atomic E-state index is 0.168. The summed E-state index contributed by atoms with van der Waals surface area (Å²) in [5, 5.41) is 12.7. The van der Waals surface area contributed by atoms with Crippen molar-refractivity contribution in [3.63, 3.8) is 0 Å². The zero-order valence-corrected chi connectivity index (χ0v) is 14.3. The fourth-order valence-corrected chi connectivity index (χ4v) is 3.06. The molecule has 1 aromatic carbocycles. The maximum absolute atomic E-state index is 12.8. The largest absolute Gasteiger partial charge is 0.497 e. The molecule has 1 fully saturated rings. The maximum Gasteiger partial charge on any atom is 0.252 e. The Labute approximate surface area is 146 Å². The van der Waals surface area contributed by atoms with Gasteiger partial charge in [-0.3, -0.25) is 9.78 Å². The number of carbonyl (C=O) groups is 1. The highest BCUT2D eigenvalue weighted by Crippen LogP contribution is 2.37. The number of pyridine rings is 1. The Hall–Kier alpha value is -2.60. The van der Waals surface area contributed by atoms with Gasteiger partial charge in [-0.1, -0.05) is 6.07 Å². The average Bonchev–Trinajstić information content (AvgIpc) is 2.63. The minimum atomic E-state index is -0.301. The van der Waals surface area contributed by atoms with E-state index in [0.717, 1.165) is 5.69 Å². The van der Waals surface area contributed by atoms with Gasteiger partial charge in [0, 0.05) is 17.8 Å². The SMILES string of the molecule is COc1cc(OC)cc(C(=O)N[C@H](c2ccccn2)C2CC(O)C2)c1. The molecular weight excluding hydrogens is 320 g/mol. The molecule has 0 saturated heterocycles. The van der Waals surface area contributed by atoms with Gasteiger partial charge in [0.05, 0.1) is 32.1 Å². The third-order valence-corrected chi connectivity index (χ3v) is 4.53. The summed E-state index contributed by atoms with van der Waals surface area (Å²) in [6, 6.07) is 10.4. The summed E-state index contributed by atoms with van der Waals surface area (Å²) < 4.78 is 10.5. The van der Waals surface area contributed by atoms with Gasteiger partial charge in [0.1, 0.15) is 11.5 Å². The summed E-state index contributed by atoms with van der Waals surface area (Å²) in [5.41, 5.74) is 1.25. The number of carbonyl (C=O) groups excluding carboxylic acids is 1. The zero-order chi connectivity index (χ0) is 17.8. The Morgan fingerprint density at radius 2 is 1.88 bits per heavy atom. The molecule has 1 aliphatic carbocycles. The summed E-state index contributed by atoms with van der Waals surface area (Å²) >= 11 is 0. The van der Waals surface area contributed by atoms with Crippen LogP contribution in [-0.4, -0.2) is 36.3 Å². The molecule has 1 heterocycles. The smallest absolute Gasteiger partial charge is 0.252 e. The van der Waals surface area contributed by atoms with Crippen molar-refractivity contribution in [2.24, 2.45) is 5.92 Å². The lowest BCUT2D eigenvalue weighted by Crippen LogP contribution is -2.41. The second-order valence-electron chi connectivity index (χ2n) is 6.19. The number of ether oxygens (including phenoxy) is 2. The highest BCUT2D eigenvalue weighted by molar-refractivity contribution is 5.95. The number of aliphatic hydroxyl groups is 1. The predicted molar refractivity (Wildman–Crippen MR) is 92.7 cm³/mol. The molecule has 0 aliphatic heterocycles. The van der Waals surface area contributed by atoms with Crippen molar-refractivity contribution >= 4 is 5.91 Å². The van der Waals surface area contributed by atoms with Crippen molar-refractivity contribution in [2.75, 3.05) is 14.2 Å². The van der Waals surface area contributed by atoms with E-state index >= 15 is 0 Å². The van der Waals surface area contributed by atoms with Gasteiger partial charge in [-0.25, -0.2) is 0 Å². The van der Waals surface area contributed by atoms with Crippen molar-refractivity contribution in [1.82, 2.24) is 10.3 Å². The van der Waals surface area contributed by atoms with E-state index in [2.05, 4.69) is 10.3 Å². The second-order valence-corrected chi connectivity index (χ2v) is 6.19.